The number of carbonyl (C=O) groups excluding carboxylic acids is 1. The molecule has 1 aliphatic rings. The van der Waals surface area contributed by atoms with Crippen LogP contribution in [0.4, 0.5) is 0 Å². The van der Waals surface area contributed by atoms with Crippen LogP contribution in [-0.2, 0) is 4.79 Å². The Morgan fingerprint density at radius 1 is 1.44 bits per heavy atom. The van der Waals surface area contributed by atoms with Gasteiger partial charge in [0.15, 0.2) is 0 Å². The first-order valence-corrected chi connectivity index (χ1v) is 6.07. The van der Waals surface area contributed by atoms with E-state index in [4.69, 9.17) is 5.73 Å². The fourth-order valence-corrected chi connectivity index (χ4v) is 2.12. The molecule has 1 unspecified atom stereocenters. The van der Waals surface area contributed by atoms with Crippen LogP contribution in [0.3, 0.4) is 0 Å². The normalized spacial score (nSPS) is 18.8. The molecule has 0 aliphatic heterocycles. The Kier molecular flexibility index (Phi) is 4.54. The van der Waals surface area contributed by atoms with Gasteiger partial charge in [0.25, 0.3) is 0 Å². The Morgan fingerprint density at radius 2 is 2.00 bits per heavy atom. The highest BCUT2D eigenvalue weighted by molar-refractivity contribution is 5.77. The van der Waals surface area contributed by atoms with Gasteiger partial charge >= 0.3 is 0 Å². The second kappa shape index (κ2) is 5.48. The number of carbonyl (C=O) groups is 1. The predicted octanol–water partition coefficient (Wildman–Crippen LogP) is 1.97. The number of hydrogen-bond donors (Lipinski definition) is 2. The SMILES string of the molecule is CC(C)(C)CC(N)CC(=O)NC1CC=CC1. The van der Waals surface area contributed by atoms with Crippen LogP contribution in [0.15, 0.2) is 12.2 Å². The Hall–Kier alpha value is -0.830. The summed E-state index contributed by atoms with van der Waals surface area (Å²) in [6, 6.07) is 0.267. The van der Waals surface area contributed by atoms with E-state index < -0.39 is 0 Å². The Bertz CT molecular complexity index is 258. The molecular formula is C13H24N2O. The van der Waals surface area contributed by atoms with E-state index in [1.54, 1.807) is 0 Å². The van der Waals surface area contributed by atoms with Gasteiger partial charge in [-0.3, -0.25) is 4.79 Å². The molecule has 1 amide bonds. The summed E-state index contributed by atoms with van der Waals surface area (Å²) < 4.78 is 0. The van der Waals surface area contributed by atoms with Crippen molar-refractivity contribution in [2.24, 2.45) is 11.1 Å². The van der Waals surface area contributed by atoms with Gasteiger partial charge < -0.3 is 11.1 Å². The summed E-state index contributed by atoms with van der Waals surface area (Å²) in [6.07, 6.45) is 7.46. The molecule has 0 spiro atoms. The maximum absolute atomic E-state index is 11.7. The highest BCUT2D eigenvalue weighted by atomic mass is 16.1. The average Bonchev–Trinajstić information content (AvgIpc) is 2.51. The van der Waals surface area contributed by atoms with E-state index in [1.165, 1.54) is 0 Å². The number of nitrogens with two attached hydrogens (primary N) is 1. The highest BCUT2D eigenvalue weighted by Gasteiger charge is 2.19. The maximum Gasteiger partial charge on any atom is 0.221 e. The third kappa shape index (κ3) is 5.31. The monoisotopic (exact) mass is 224 g/mol. The molecule has 1 aliphatic carbocycles. The molecule has 0 heterocycles. The largest absolute Gasteiger partial charge is 0.353 e. The topological polar surface area (TPSA) is 55.1 Å². The summed E-state index contributed by atoms with van der Waals surface area (Å²) in [6.45, 7) is 6.43. The molecule has 0 aromatic carbocycles. The summed E-state index contributed by atoms with van der Waals surface area (Å²) in [4.78, 5) is 11.7. The van der Waals surface area contributed by atoms with Crippen LogP contribution in [0.2, 0.25) is 0 Å². The molecule has 1 rings (SSSR count). The molecule has 0 fully saturated rings. The van der Waals surface area contributed by atoms with Gasteiger partial charge in [-0.05, 0) is 24.7 Å². The van der Waals surface area contributed by atoms with Crippen molar-refractivity contribution in [2.75, 3.05) is 0 Å². The van der Waals surface area contributed by atoms with Gasteiger partial charge in [-0.15, -0.1) is 0 Å². The summed E-state index contributed by atoms with van der Waals surface area (Å²) in [5.74, 6) is 0.0884. The first-order valence-electron chi connectivity index (χ1n) is 6.07. The molecule has 0 radical (unpaired) electrons. The summed E-state index contributed by atoms with van der Waals surface area (Å²) >= 11 is 0. The zero-order valence-electron chi connectivity index (χ0n) is 10.6. The minimum atomic E-state index is -0.0330. The summed E-state index contributed by atoms with van der Waals surface area (Å²) in [5, 5.41) is 3.01. The Labute approximate surface area is 98.5 Å². The lowest BCUT2D eigenvalue weighted by atomic mass is 9.87. The fraction of sp³-hybridized carbons (Fsp3) is 0.769. The fourth-order valence-electron chi connectivity index (χ4n) is 2.12. The first-order chi connectivity index (χ1) is 7.37. The molecule has 0 aromatic heterocycles. The Morgan fingerprint density at radius 3 is 2.50 bits per heavy atom. The van der Waals surface area contributed by atoms with Crippen LogP contribution < -0.4 is 11.1 Å². The van der Waals surface area contributed by atoms with Crippen molar-refractivity contribution in [1.29, 1.82) is 0 Å². The molecule has 0 saturated carbocycles. The van der Waals surface area contributed by atoms with Crippen molar-refractivity contribution in [3.8, 4) is 0 Å². The van der Waals surface area contributed by atoms with Crippen LogP contribution in [0.25, 0.3) is 0 Å². The third-order valence-electron chi connectivity index (χ3n) is 2.70. The van der Waals surface area contributed by atoms with Crippen molar-refractivity contribution in [1.82, 2.24) is 5.32 Å². The standard InChI is InChI=1S/C13H24N2O/c1-13(2,3)9-10(14)8-12(16)15-11-6-4-5-7-11/h4-5,10-11H,6-9,14H2,1-3H3,(H,15,16). The van der Waals surface area contributed by atoms with Crippen molar-refractivity contribution >= 4 is 5.91 Å². The molecule has 3 N–H and O–H groups in total. The predicted molar refractivity (Wildman–Crippen MR) is 67.0 cm³/mol. The average molecular weight is 224 g/mol. The zero-order valence-corrected chi connectivity index (χ0v) is 10.6. The minimum absolute atomic E-state index is 0.0330. The molecular weight excluding hydrogens is 200 g/mol. The number of amides is 1. The highest BCUT2D eigenvalue weighted by Crippen LogP contribution is 2.21. The number of nitrogens with one attached hydrogen (secondary N) is 1. The van der Waals surface area contributed by atoms with Gasteiger partial charge in [-0.2, -0.15) is 0 Å². The van der Waals surface area contributed by atoms with E-state index in [-0.39, 0.29) is 17.4 Å². The quantitative estimate of drug-likeness (QED) is 0.717. The van der Waals surface area contributed by atoms with E-state index in [0.717, 1.165) is 19.3 Å². The molecule has 3 nitrogen and oxygen atoms in total. The van der Waals surface area contributed by atoms with Gasteiger partial charge in [-0.25, -0.2) is 0 Å². The van der Waals surface area contributed by atoms with Gasteiger partial charge in [0.05, 0.1) is 0 Å². The first kappa shape index (κ1) is 13.2. The van der Waals surface area contributed by atoms with Crippen molar-refractivity contribution in [3.05, 3.63) is 12.2 Å². The molecule has 0 saturated heterocycles. The number of rotatable bonds is 4. The van der Waals surface area contributed by atoms with E-state index in [0.29, 0.717) is 12.5 Å². The number of hydrogen-bond acceptors (Lipinski definition) is 2. The second-order valence-corrected chi connectivity index (χ2v) is 5.94. The minimum Gasteiger partial charge on any atom is -0.353 e. The van der Waals surface area contributed by atoms with Crippen LogP contribution in [0.1, 0.15) is 46.5 Å². The van der Waals surface area contributed by atoms with E-state index in [9.17, 15) is 4.79 Å². The van der Waals surface area contributed by atoms with Crippen LogP contribution in [-0.4, -0.2) is 18.0 Å². The summed E-state index contributed by atoms with van der Waals surface area (Å²) in [7, 11) is 0. The van der Waals surface area contributed by atoms with Crippen LogP contribution in [0, 0.1) is 5.41 Å². The molecule has 92 valence electrons. The lowest BCUT2D eigenvalue weighted by Gasteiger charge is -2.23. The van der Waals surface area contributed by atoms with Crippen molar-refractivity contribution < 1.29 is 4.79 Å². The van der Waals surface area contributed by atoms with E-state index >= 15 is 0 Å². The lowest BCUT2D eigenvalue weighted by molar-refractivity contribution is -0.122. The van der Waals surface area contributed by atoms with E-state index in [1.807, 2.05) is 0 Å². The summed E-state index contributed by atoms with van der Waals surface area (Å²) in [5.41, 5.74) is 6.15. The molecule has 0 aromatic rings. The molecule has 16 heavy (non-hydrogen) atoms. The van der Waals surface area contributed by atoms with E-state index in [2.05, 4.69) is 38.2 Å². The van der Waals surface area contributed by atoms with Gasteiger partial charge in [0.1, 0.15) is 0 Å². The maximum atomic E-state index is 11.7. The van der Waals surface area contributed by atoms with Gasteiger partial charge in [0, 0.05) is 18.5 Å². The molecule has 0 bridgehead atoms. The lowest BCUT2D eigenvalue weighted by Crippen LogP contribution is -2.38. The Balaban J connectivity index is 2.23. The van der Waals surface area contributed by atoms with Crippen LogP contribution in [0.5, 0.6) is 0 Å². The van der Waals surface area contributed by atoms with Crippen molar-refractivity contribution in [3.63, 3.8) is 0 Å². The molecule has 3 heteroatoms. The van der Waals surface area contributed by atoms with Crippen LogP contribution >= 0.6 is 0 Å². The zero-order chi connectivity index (χ0) is 12.2. The smallest absolute Gasteiger partial charge is 0.221 e. The third-order valence-corrected chi connectivity index (χ3v) is 2.70. The van der Waals surface area contributed by atoms with Gasteiger partial charge in [0.2, 0.25) is 5.91 Å². The van der Waals surface area contributed by atoms with Crippen molar-refractivity contribution in [2.45, 2.75) is 58.5 Å². The second-order valence-electron chi connectivity index (χ2n) is 5.94. The van der Waals surface area contributed by atoms with Gasteiger partial charge in [-0.1, -0.05) is 32.9 Å². The molecule has 1 atom stereocenters.